The van der Waals surface area contributed by atoms with E-state index >= 15 is 0 Å². The van der Waals surface area contributed by atoms with Gasteiger partial charge in [0.2, 0.25) is 0 Å². The summed E-state index contributed by atoms with van der Waals surface area (Å²) >= 11 is 3.20. The zero-order chi connectivity index (χ0) is 9.53. The molecule has 2 saturated heterocycles. The predicted octanol–water partition coefficient (Wildman–Crippen LogP) is 1.15. The van der Waals surface area contributed by atoms with E-state index in [1.54, 1.807) is 7.11 Å². The van der Waals surface area contributed by atoms with Crippen LogP contribution in [0.25, 0.3) is 0 Å². The lowest BCUT2D eigenvalue weighted by Crippen LogP contribution is -2.51. The first kappa shape index (κ1) is 9.62. The third-order valence-corrected chi connectivity index (χ3v) is 3.61. The molecule has 0 unspecified atom stereocenters. The lowest BCUT2D eigenvalue weighted by Gasteiger charge is -2.42. The standard InChI is InChI=1S/C9H13BrO3/c1-12-6-9-3-8(4-9,5-13-9)7(11)2-10/h2-6H2,1H3. The molecule has 3 nitrogen and oxygen atoms in total. The number of alkyl halides is 1. The van der Waals surface area contributed by atoms with Gasteiger partial charge in [0.15, 0.2) is 5.78 Å². The fourth-order valence-electron chi connectivity index (χ4n) is 2.50. The van der Waals surface area contributed by atoms with Crippen LogP contribution in [0.3, 0.4) is 0 Å². The van der Waals surface area contributed by atoms with Gasteiger partial charge in [0, 0.05) is 7.11 Å². The predicted molar refractivity (Wildman–Crippen MR) is 51.0 cm³/mol. The lowest BCUT2D eigenvalue weighted by molar-refractivity contribution is -0.133. The fourth-order valence-corrected chi connectivity index (χ4v) is 3.10. The molecular weight excluding hydrogens is 236 g/mol. The first-order chi connectivity index (χ1) is 6.16. The topological polar surface area (TPSA) is 35.5 Å². The normalized spacial score (nSPS) is 41.7. The molecule has 3 rings (SSSR count). The molecule has 3 fully saturated rings. The smallest absolute Gasteiger partial charge is 0.152 e. The maximum Gasteiger partial charge on any atom is 0.152 e. The van der Waals surface area contributed by atoms with E-state index in [1.165, 1.54) is 0 Å². The Balaban J connectivity index is 2.02. The minimum absolute atomic E-state index is 0.132. The van der Waals surface area contributed by atoms with Crippen molar-refractivity contribution in [3.63, 3.8) is 0 Å². The van der Waals surface area contributed by atoms with E-state index in [4.69, 9.17) is 9.47 Å². The van der Waals surface area contributed by atoms with Crippen LogP contribution in [0.1, 0.15) is 12.8 Å². The van der Waals surface area contributed by atoms with Crippen molar-refractivity contribution in [2.75, 3.05) is 25.7 Å². The molecular formula is C9H13BrO3. The van der Waals surface area contributed by atoms with Crippen molar-refractivity contribution < 1.29 is 14.3 Å². The molecule has 4 heteroatoms. The second kappa shape index (κ2) is 3.04. The lowest BCUT2D eigenvalue weighted by atomic mass is 9.61. The Labute approximate surface area is 85.9 Å². The molecule has 3 aliphatic rings. The first-order valence-corrected chi connectivity index (χ1v) is 5.51. The number of methoxy groups -OCH3 is 1. The largest absolute Gasteiger partial charge is 0.382 e. The molecule has 0 aromatic rings. The molecule has 2 bridgehead atoms. The van der Waals surface area contributed by atoms with Crippen molar-refractivity contribution >= 4 is 21.7 Å². The monoisotopic (exact) mass is 248 g/mol. The van der Waals surface area contributed by atoms with Crippen LogP contribution >= 0.6 is 15.9 Å². The number of carbonyl (C=O) groups excluding carboxylic acids is 1. The van der Waals surface area contributed by atoms with Gasteiger partial charge < -0.3 is 9.47 Å². The summed E-state index contributed by atoms with van der Waals surface area (Å²) in [6, 6.07) is 0. The van der Waals surface area contributed by atoms with Crippen molar-refractivity contribution in [2.45, 2.75) is 18.4 Å². The SMILES string of the molecule is COCC12CC(C(=O)CBr)(CO1)C2. The molecule has 2 heterocycles. The highest BCUT2D eigenvalue weighted by atomic mass is 79.9. The van der Waals surface area contributed by atoms with Gasteiger partial charge in [-0.05, 0) is 12.8 Å². The highest BCUT2D eigenvalue weighted by Crippen LogP contribution is 2.58. The number of carbonyl (C=O) groups is 1. The van der Waals surface area contributed by atoms with Crippen LogP contribution in [0.4, 0.5) is 0 Å². The molecule has 0 N–H and O–H groups in total. The Morgan fingerprint density at radius 1 is 1.62 bits per heavy atom. The summed E-state index contributed by atoms with van der Waals surface area (Å²) in [6.45, 7) is 1.20. The van der Waals surface area contributed by atoms with E-state index in [0.717, 1.165) is 12.8 Å². The van der Waals surface area contributed by atoms with Gasteiger partial charge in [-0.15, -0.1) is 0 Å². The van der Waals surface area contributed by atoms with Crippen LogP contribution in [0.2, 0.25) is 0 Å². The molecule has 74 valence electrons. The van der Waals surface area contributed by atoms with Crippen molar-refractivity contribution in [2.24, 2.45) is 5.41 Å². The number of halogens is 1. The van der Waals surface area contributed by atoms with Crippen LogP contribution in [0.5, 0.6) is 0 Å². The van der Waals surface area contributed by atoms with Gasteiger partial charge in [-0.25, -0.2) is 0 Å². The molecule has 0 amide bonds. The number of hydrogen-bond acceptors (Lipinski definition) is 3. The van der Waals surface area contributed by atoms with Crippen molar-refractivity contribution in [1.29, 1.82) is 0 Å². The van der Waals surface area contributed by atoms with Crippen LogP contribution in [0, 0.1) is 5.41 Å². The maximum atomic E-state index is 11.6. The van der Waals surface area contributed by atoms with Gasteiger partial charge in [-0.2, -0.15) is 0 Å². The highest BCUT2D eigenvalue weighted by Gasteiger charge is 2.65. The molecule has 2 aliphatic heterocycles. The maximum absolute atomic E-state index is 11.6. The number of ketones is 1. The van der Waals surface area contributed by atoms with E-state index in [-0.39, 0.29) is 16.8 Å². The highest BCUT2D eigenvalue weighted by molar-refractivity contribution is 9.09. The van der Waals surface area contributed by atoms with Gasteiger partial charge in [0.25, 0.3) is 0 Å². The third-order valence-electron chi connectivity index (χ3n) is 3.10. The minimum Gasteiger partial charge on any atom is -0.382 e. The molecule has 1 aliphatic carbocycles. The average Bonchev–Trinajstić information content (AvgIpc) is 2.59. The summed E-state index contributed by atoms with van der Waals surface area (Å²) in [5, 5.41) is 0.444. The number of rotatable bonds is 4. The van der Waals surface area contributed by atoms with Gasteiger partial charge in [-0.3, -0.25) is 4.79 Å². The number of fused-ring (bicyclic) bond motifs is 1. The molecule has 0 aromatic carbocycles. The summed E-state index contributed by atoms with van der Waals surface area (Å²) in [5.41, 5.74) is -0.311. The summed E-state index contributed by atoms with van der Waals surface area (Å²) in [5.74, 6) is 0.275. The molecule has 0 radical (unpaired) electrons. The summed E-state index contributed by atoms with van der Waals surface area (Å²) in [4.78, 5) is 11.6. The Hall–Kier alpha value is 0.0700. The number of hydrogen-bond donors (Lipinski definition) is 0. The van der Waals surface area contributed by atoms with Gasteiger partial charge >= 0.3 is 0 Å². The van der Waals surface area contributed by atoms with Gasteiger partial charge in [0.05, 0.1) is 29.6 Å². The van der Waals surface area contributed by atoms with Crippen LogP contribution in [-0.2, 0) is 14.3 Å². The molecule has 0 aromatic heterocycles. The van der Waals surface area contributed by atoms with E-state index in [0.29, 0.717) is 18.5 Å². The summed E-state index contributed by atoms with van der Waals surface area (Å²) in [6.07, 6.45) is 1.69. The molecule has 13 heavy (non-hydrogen) atoms. The Morgan fingerprint density at radius 2 is 2.31 bits per heavy atom. The quantitative estimate of drug-likeness (QED) is 0.701. The van der Waals surface area contributed by atoms with Crippen LogP contribution in [0.15, 0.2) is 0 Å². The molecule has 0 spiro atoms. The molecule has 1 saturated carbocycles. The van der Waals surface area contributed by atoms with Crippen LogP contribution < -0.4 is 0 Å². The van der Waals surface area contributed by atoms with Crippen molar-refractivity contribution in [3.05, 3.63) is 0 Å². The van der Waals surface area contributed by atoms with Crippen molar-refractivity contribution in [3.8, 4) is 0 Å². The molecule has 0 atom stereocenters. The number of Topliss-reactive ketones (excluding diaryl/α,β-unsaturated/α-hetero) is 1. The number of ether oxygens (including phenoxy) is 2. The van der Waals surface area contributed by atoms with Gasteiger partial charge in [-0.1, -0.05) is 15.9 Å². The summed E-state index contributed by atoms with van der Waals surface area (Å²) in [7, 11) is 1.67. The zero-order valence-electron chi connectivity index (χ0n) is 7.64. The Kier molecular flexibility index (Phi) is 2.25. The van der Waals surface area contributed by atoms with E-state index in [9.17, 15) is 4.79 Å². The van der Waals surface area contributed by atoms with Crippen molar-refractivity contribution in [1.82, 2.24) is 0 Å². The second-order valence-corrected chi connectivity index (χ2v) is 4.66. The van der Waals surface area contributed by atoms with E-state index < -0.39 is 0 Å². The fraction of sp³-hybridized carbons (Fsp3) is 0.889. The zero-order valence-corrected chi connectivity index (χ0v) is 9.22. The Bertz CT molecular complexity index is 233. The summed E-state index contributed by atoms with van der Waals surface area (Å²) < 4.78 is 10.7. The van der Waals surface area contributed by atoms with Crippen LogP contribution in [-0.4, -0.2) is 37.0 Å². The van der Waals surface area contributed by atoms with E-state index in [2.05, 4.69) is 15.9 Å². The van der Waals surface area contributed by atoms with E-state index in [1.807, 2.05) is 0 Å². The first-order valence-electron chi connectivity index (χ1n) is 4.39. The second-order valence-electron chi connectivity index (χ2n) is 4.10. The third kappa shape index (κ3) is 1.27. The minimum atomic E-state index is -0.179. The average molecular weight is 249 g/mol. The Morgan fingerprint density at radius 3 is 2.85 bits per heavy atom. The van der Waals surface area contributed by atoms with Gasteiger partial charge in [0.1, 0.15) is 0 Å².